The van der Waals surface area contributed by atoms with Crippen molar-refractivity contribution in [2.24, 2.45) is 11.1 Å². The zero-order valence-corrected chi connectivity index (χ0v) is 11.6. The fraction of sp³-hybridized carbons (Fsp3) is 0.375. The van der Waals surface area contributed by atoms with E-state index in [0.29, 0.717) is 0 Å². The Bertz CT molecular complexity index is 587. The molecular weight excluding hydrogens is 238 g/mol. The molecule has 0 saturated carbocycles. The van der Waals surface area contributed by atoms with E-state index in [4.69, 9.17) is 5.73 Å². The van der Waals surface area contributed by atoms with Crippen molar-refractivity contribution in [3.8, 4) is 5.75 Å². The first-order chi connectivity index (χ1) is 8.79. The molecule has 0 heterocycles. The van der Waals surface area contributed by atoms with E-state index in [0.717, 1.165) is 16.3 Å². The van der Waals surface area contributed by atoms with Crippen molar-refractivity contribution >= 4 is 10.8 Å². The second-order valence-corrected chi connectivity index (χ2v) is 6.13. The van der Waals surface area contributed by atoms with Crippen LogP contribution >= 0.6 is 0 Å². The molecule has 0 radical (unpaired) electrons. The van der Waals surface area contributed by atoms with Crippen LogP contribution < -0.4 is 5.73 Å². The van der Waals surface area contributed by atoms with Crippen LogP contribution in [0.3, 0.4) is 0 Å². The predicted octanol–water partition coefficient (Wildman–Crippen LogP) is 2.95. The molecule has 2 aromatic carbocycles. The highest BCUT2D eigenvalue weighted by Crippen LogP contribution is 2.30. The van der Waals surface area contributed by atoms with Crippen molar-refractivity contribution in [3.63, 3.8) is 0 Å². The summed E-state index contributed by atoms with van der Waals surface area (Å²) in [5.74, 6) is 0.249. The maximum Gasteiger partial charge on any atom is 0.116 e. The molecule has 4 N–H and O–H groups in total. The lowest BCUT2D eigenvalue weighted by molar-refractivity contribution is 0.0401. The summed E-state index contributed by atoms with van der Waals surface area (Å²) in [7, 11) is 0. The number of aromatic hydroxyl groups is 1. The highest BCUT2D eigenvalue weighted by molar-refractivity contribution is 5.84. The Morgan fingerprint density at radius 2 is 1.58 bits per heavy atom. The third kappa shape index (κ3) is 2.88. The number of aliphatic hydroxyl groups excluding tert-OH is 1. The quantitative estimate of drug-likeness (QED) is 0.776. The summed E-state index contributed by atoms with van der Waals surface area (Å²) in [5, 5.41) is 21.7. The van der Waals surface area contributed by atoms with E-state index >= 15 is 0 Å². The molecule has 3 heteroatoms. The number of fused-ring (bicyclic) bond motifs is 1. The molecule has 19 heavy (non-hydrogen) atoms. The maximum absolute atomic E-state index is 10.3. The van der Waals surface area contributed by atoms with Crippen molar-refractivity contribution < 1.29 is 10.2 Å². The summed E-state index contributed by atoms with van der Waals surface area (Å²) >= 11 is 0. The number of phenolic OH excluding ortho intramolecular Hbond substituents is 1. The van der Waals surface area contributed by atoms with Crippen LogP contribution in [0.25, 0.3) is 10.8 Å². The van der Waals surface area contributed by atoms with Crippen LogP contribution in [0.2, 0.25) is 0 Å². The SMILES string of the molecule is CC(C)(C)[C@H](O)[C@H](N)c1ccc2cc(O)ccc2c1. The molecule has 0 spiro atoms. The predicted molar refractivity (Wildman–Crippen MR) is 78.0 cm³/mol. The fourth-order valence-electron chi connectivity index (χ4n) is 2.18. The minimum absolute atomic E-state index is 0.249. The lowest BCUT2D eigenvalue weighted by Gasteiger charge is -2.31. The van der Waals surface area contributed by atoms with E-state index in [-0.39, 0.29) is 11.2 Å². The number of benzene rings is 2. The summed E-state index contributed by atoms with van der Waals surface area (Å²) in [4.78, 5) is 0. The summed E-state index contributed by atoms with van der Waals surface area (Å²) in [5.41, 5.74) is 6.79. The zero-order valence-electron chi connectivity index (χ0n) is 11.6. The van der Waals surface area contributed by atoms with E-state index < -0.39 is 12.1 Å². The van der Waals surface area contributed by atoms with E-state index in [1.807, 2.05) is 45.0 Å². The zero-order chi connectivity index (χ0) is 14.2. The molecule has 0 aliphatic carbocycles. The molecule has 0 saturated heterocycles. The van der Waals surface area contributed by atoms with Crippen LogP contribution in [0.5, 0.6) is 5.75 Å². The number of rotatable bonds is 2. The van der Waals surface area contributed by atoms with Gasteiger partial charge < -0.3 is 15.9 Å². The number of hydrogen-bond donors (Lipinski definition) is 3. The molecule has 2 aromatic rings. The van der Waals surface area contributed by atoms with E-state index in [1.165, 1.54) is 0 Å². The number of hydrogen-bond acceptors (Lipinski definition) is 3. The molecule has 0 aromatic heterocycles. The number of aliphatic hydroxyl groups is 1. The first kappa shape index (κ1) is 13.8. The van der Waals surface area contributed by atoms with Gasteiger partial charge in [-0.3, -0.25) is 0 Å². The summed E-state index contributed by atoms with van der Waals surface area (Å²) in [6.45, 7) is 5.91. The van der Waals surface area contributed by atoms with Crippen molar-refractivity contribution in [1.29, 1.82) is 0 Å². The van der Waals surface area contributed by atoms with Crippen LogP contribution in [0.1, 0.15) is 32.4 Å². The second-order valence-electron chi connectivity index (χ2n) is 6.13. The minimum Gasteiger partial charge on any atom is -0.508 e. The Kier molecular flexibility index (Phi) is 3.52. The molecule has 3 nitrogen and oxygen atoms in total. The van der Waals surface area contributed by atoms with Gasteiger partial charge in [0.15, 0.2) is 0 Å². The lowest BCUT2D eigenvalue weighted by Crippen LogP contribution is -2.36. The number of phenols is 1. The van der Waals surface area contributed by atoms with Crippen LogP contribution in [-0.4, -0.2) is 16.3 Å². The molecule has 0 bridgehead atoms. The lowest BCUT2D eigenvalue weighted by atomic mass is 9.82. The topological polar surface area (TPSA) is 66.5 Å². The normalized spacial score (nSPS) is 15.4. The van der Waals surface area contributed by atoms with E-state index in [1.54, 1.807) is 12.1 Å². The van der Waals surface area contributed by atoms with Gasteiger partial charge in [0.2, 0.25) is 0 Å². The maximum atomic E-state index is 10.3. The van der Waals surface area contributed by atoms with E-state index in [2.05, 4.69) is 0 Å². The molecule has 0 unspecified atom stereocenters. The third-order valence-electron chi connectivity index (χ3n) is 3.46. The molecule has 0 aliphatic heterocycles. The van der Waals surface area contributed by atoms with Crippen molar-refractivity contribution in [3.05, 3.63) is 42.0 Å². The Labute approximate surface area is 113 Å². The third-order valence-corrected chi connectivity index (χ3v) is 3.46. The molecule has 0 aliphatic rings. The molecule has 0 fully saturated rings. The average Bonchev–Trinajstić information content (AvgIpc) is 2.35. The first-order valence-electron chi connectivity index (χ1n) is 6.45. The van der Waals surface area contributed by atoms with Gasteiger partial charge in [0.05, 0.1) is 12.1 Å². The molecule has 0 amide bonds. The molecule has 102 valence electrons. The average molecular weight is 259 g/mol. The Balaban J connectivity index is 2.38. The van der Waals surface area contributed by atoms with Crippen LogP contribution in [0.15, 0.2) is 36.4 Å². The Hall–Kier alpha value is -1.58. The monoisotopic (exact) mass is 259 g/mol. The van der Waals surface area contributed by atoms with Gasteiger partial charge in [0.25, 0.3) is 0 Å². The molecular formula is C16H21NO2. The Morgan fingerprint density at radius 3 is 2.21 bits per heavy atom. The van der Waals surface area contributed by atoms with Crippen LogP contribution in [-0.2, 0) is 0 Å². The highest BCUT2D eigenvalue weighted by Gasteiger charge is 2.29. The summed E-state index contributed by atoms with van der Waals surface area (Å²) < 4.78 is 0. The van der Waals surface area contributed by atoms with Crippen molar-refractivity contribution in [1.82, 2.24) is 0 Å². The van der Waals surface area contributed by atoms with Crippen LogP contribution in [0.4, 0.5) is 0 Å². The largest absolute Gasteiger partial charge is 0.508 e. The van der Waals surface area contributed by atoms with Crippen LogP contribution in [0, 0.1) is 5.41 Å². The summed E-state index contributed by atoms with van der Waals surface area (Å²) in [6.07, 6.45) is -0.609. The van der Waals surface area contributed by atoms with Gasteiger partial charge >= 0.3 is 0 Å². The van der Waals surface area contributed by atoms with Gasteiger partial charge in [0.1, 0.15) is 5.75 Å². The fourth-order valence-corrected chi connectivity index (χ4v) is 2.18. The van der Waals surface area contributed by atoms with Gasteiger partial charge in [0, 0.05) is 0 Å². The highest BCUT2D eigenvalue weighted by atomic mass is 16.3. The second kappa shape index (κ2) is 4.83. The molecule has 2 atom stereocenters. The molecule has 2 rings (SSSR count). The minimum atomic E-state index is -0.609. The van der Waals surface area contributed by atoms with Crippen molar-refractivity contribution in [2.75, 3.05) is 0 Å². The standard InChI is InChI=1S/C16H21NO2/c1-16(2,3)15(19)14(17)12-5-4-11-9-13(18)7-6-10(11)8-12/h4-9,14-15,18-19H,17H2,1-3H3/t14-,15-/m1/s1. The van der Waals surface area contributed by atoms with Gasteiger partial charge in [-0.15, -0.1) is 0 Å². The van der Waals surface area contributed by atoms with Gasteiger partial charge in [-0.2, -0.15) is 0 Å². The number of nitrogens with two attached hydrogens (primary N) is 1. The summed E-state index contributed by atoms with van der Waals surface area (Å²) in [6, 6.07) is 10.6. The van der Waals surface area contributed by atoms with E-state index in [9.17, 15) is 10.2 Å². The van der Waals surface area contributed by atoms with Gasteiger partial charge in [-0.05, 0) is 39.9 Å². The Morgan fingerprint density at radius 1 is 1.00 bits per heavy atom. The van der Waals surface area contributed by atoms with Gasteiger partial charge in [-0.25, -0.2) is 0 Å². The van der Waals surface area contributed by atoms with Gasteiger partial charge in [-0.1, -0.05) is 39.0 Å². The smallest absolute Gasteiger partial charge is 0.116 e. The van der Waals surface area contributed by atoms with Crippen molar-refractivity contribution in [2.45, 2.75) is 32.9 Å². The first-order valence-corrected chi connectivity index (χ1v) is 6.45.